The maximum Gasteiger partial charge on any atom is 0.209 e. The first-order chi connectivity index (χ1) is 8.20. The van der Waals surface area contributed by atoms with Gasteiger partial charge in [-0.1, -0.05) is 13.3 Å². The Labute approximate surface area is 111 Å². The molecule has 0 saturated carbocycles. The predicted molar refractivity (Wildman–Crippen MR) is 72.9 cm³/mol. The van der Waals surface area contributed by atoms with Crippen LogP contribution in [0.15, 0.2) is 0 Å². The smallest absolute Gasteiger partial charge is 0.209 e. The van der Waals surface area contributed by atoms with E-state index in [0.29, 0.717) is 13.2 Å². The van der Waals surface area contributed by atoms with E-state index in [1.54, 1.807) is 7.11 Å². The summed E-state index contributed by atoms with van der Waals surface area (Å²) in [5.41, 5.74) is -0.208. The van der Waals surface area contributed by atoms with Gasteiger partial charge in [0.2, 0.25) is 10.0 Å². The molecule has 0 bridgehead atoms. The molecule has 1 atom stereocenters. The van der Waals surface area contributed by atoms with Crippen LogP contribution >= 0.6 is 0 Å². The average molecular weight is 281 g/mol. The van der Waals surface area contributed by atoms with Crippen LogP contribution in [0, 0.1) is 5.92 Å². The Morgan fingerprint density at radius 3 is 2.39 bits per heavy atom. The molecule has 2 N–H and O–H groups in total. The fourth-order valence-electron chi connectivity index (χ4n) is 1.62. The molecule has 0 radical (unpaired) electrons. The number of sulfonamides is 1. The van der Waals surface area contributed by atoms with Gasteiger partial charge < -0.3 is 9.47 Å². The molecule has 0 aromatic heterocycles. The zero-order valence-electron chi connectivity index (χ0n) is 11.9. The molecule has 110 valence electrons. The maximum atomic E-state index is 11.1. The second-order valence-electron chi connectivity index (χ2n) is 5.27. The average Bonchev–Trinajstić information content (AvgIpc) is 2.22. The lowest BCUT2D eigenvalue weighted by Gasteiger charge is -2.23. The molecule has 6 heteroatoms. The highest BCUT2D eigenvalue weighted by atomic mass is 32.2. The molecule has 0 saturated heterocycles. The number of rotatable bonds is 10. The Morgan fingerprint density at radius 1 is 1.33 bits per heavy atom. The summed E-state index contributed by atoms with van der Waals surface area (Å²) in [5, 5.41) is 5.06. The Bertz CT molecular complexity index is 314. The molecular formula is C12H27NO4S. The van der Waals surface area contributed by atoms with Gasteiger partial charge in [0.15, 0.2) is 0 Å². The zero-order valence-corrected chi connectivity index (χ0v) is 12.8. The van der Waals surface area contributed by atoms with E-state index in [4.69, 9.17) is 14.6 Å². The van der Waals surface area contributed by atoms with E-state index in [0.717, 1.165) is 19.3 Å². The summed E-state index contributed by atoms with van der Waals surface area (Å²) in [6.07, 6.45) is 2.51. The Hall–Kier alpha value is -0.170. The molecule has 0 heterocycles. The SMILES string of the molecule is CCCC(COCCC(C)(C)OC)CS(N)(=O)=O. The Kier molecular flexibility index (Phi) is 8.02. The van der Waals surface area contributed by atoms with Gasteiger partial charge in [0, 0.05) is 13.7 Å². The molecule has 0 spiro atoms. The molecule has 0 fully saturated rings. The summed E-state index contributed by atoms with van der Waals surface area (Å²) >= 11 is 0. The highest BCUT2D eigenvalue weighted by Gasteiger charge is 2.18. The Balaban J connectivity index is 3.98. The first-order valence-electron chi connectivity index (χ1n) is 6.33. The van der Waals surface area contributed by atoms with Crippen LogP contribution in [0.3, 0.4) is 0 Å². The first-order valence-corrected chi connectivity index (χ1v) is 8.05. The van der Waals surface area contributed by atoms with E-state index >= 15 is 0 Å². The highest BCUT2D eigenvalue weighted by Crippen LogP contribution is 2.14. The fourth-order valence-corrected chi connectivity index (χ4v) is 2.54. The van der Waals surface area contributed by atoms with E-state index < -0.39 is 10.0 Å². The third-order valence-corrected chi connectivity index (χ3v) is 3.86. The van der Waals surface area contributed by atoms with Crippen LogP contribution in [0.2, 0.25) is 0 Å². The monoisotopic (exact) mass is 281 g/mol. The molecular weight excluding hydrogens is 254 g/mol. The number of primary sulfonamides is 1. The van der Waals surface area contributed by atoms with Gasteiger partial charge in [-0.25, -0.2) is 13.6 Å². The van der Waals surface area contributed by atoms with Gasteiger partial charge >= 0.3 is 0 Å². The van der Waals surface area contributed by atoms with Crippen molar-refractivity contribution in [1.82, 2.24) is 0 Å². The number of ether oxygens (including phenoxy) is 2. The van der Waals surface area contributed by atoms with Crippen LogP contribution in [-0.2, 0) is 19.5 Å². The van der Waals surface area contributed by atoms with Crippen molar-refractivity contribution in [3.63, 3.8) is 0 Å². The van der Waals surface area contributed by atoms with Crippen molar-refractivity contribution in [2.45, 2.75) is 45.6 Å². The highest BCUT2D eigenvalue weighted by molar-refractivity contribution is 7.89. The zero-order chi connectivity index (χ0) is 14.2. The first kappa shape index (κ1) is 17.8. The largest absolute Gasteiger partial charge is 0.381 e. The summed E-state index contributed by atoms with van der Waals surface area (Å²) in [4.78, 5) is 0. The summed E-state index contributed by atoms with van der Waals surface area (Å²) in [6, 6.07) is 0. The van der Waals surface area contributed by atoms with Gasteiger partial charge in [0.25, 0.3) is 0 Å². The normalized spacial score (nSPS) is 14.7. The summed E-state index contributed by atoms with van der Waals surface area (Å²) in [7, 11) is -1.75. The Morgan fingerprint density at radius 2 is 1.94 bits per heavy atom. The lowest BCUT2D eigenvalue weighted by atomic mass is 10.1. The summed E-state index contributed by atoms with van der Waals surface area (Å²) < 4.78 is 32.9. The van der Waals surface area contributed by atoms with Crippen LogP contribution in [-0.4, -0.2) is 40.1 Å². The standard InChI is InChI=1S/C12H27NO4S/c1-5-6-11(10-18(13,14)15)9-17-8-7-12(2,3)16-4/h11H,5-10H2,1-4H3,(H2,13,14,15). The maximum absolute atomic E-state index is 11.1. The third-order valence-electron chi connectivity index (χ3n) is 2.92. The van der Waals surface area contributed by atoms with Gasteiger partial charge in [-0.2, -0.15) is 0 Å². The van der Waals surface area contributed by atoms with E-state index in [1.165, 1.54) is 0 Å². The molecule has 1 unspecified atom stereocenters. The van der Waals surface area contributed by atoms with Gasteiger partial charge in [-0.3, -0.25) is 0 Å². The van der Waals surface area contributed by atoms with Crippen molar-refractivity contribution in [1.29, 1.82) is 0 Å². The number of methoxy groups -OCH3 is 1. The van der Waals surface area contributed by atoms with Crippen LogP contribution in [0.4, 0.5) is 0 Å². The molecule has 0 aliphatic rings. The summed E-state index contributed by atoms with van der Waals surface area (Å²) in [5.74, 6) is -0.0234. The molecule has 18 heavy (non-hydrogen) atoms. The van der Waals surface area contributed by atoms with Crippen molar-refractivity contribution < 1.29 is 17.9 Å². The molecule has 0 aliphatic heterocycles. The molecule has 0 aromatic carbocycles. The van der Waals surface area contributed by atoms with Crippen LogP contribution < -0.4 is 5.14 Å². The van der Waals surface area contributed by atoms with Crippen LogP contribution in [0.1, 0.15) is 40.0 Å². The van der Waals surface area contributed by atoms with Crippen LogP contribution in [0.25, 0.3) is 0 Å². The van der Waals surface area contributed by atoms with Crippen molar-refractivity contribution in [2.75, 3.05) is 26.1 Å². The van der Waals surface area contributed by atoms with Crippen molar-refractivity contribution in [3.8, 4) is 0 Å². The topological polar surface area (TPSA) is 78.6 Å². The quantitative estimate of drug-likeness (QED) is 0.616. The minimum atomic E-state index is -3.42. The van der Waals surface area contributed by atoms with E-state index in [9.17, 15) is 8.42 Å². The lowest BCUT2D eigenvalue weighted by molar-refractivity contribution is -0.0138. The minimum Gasteiger partial charge on any atom is -0.381 e. The van der Waals surface area contributed by atoms with Gasteiger partial charge in [-0.05, 0) is 32.6 Å². The second-order valence-corrected chi connectivity index (χ2v) is 6.93. The van der Waals surface area contributed by atoms with E-state index in [1.807, 2.05) is 20.8 Å². The summed E-state index contributed by atoms with van der Waals surface area (Å²) in [6.45, 7) is 6.99. The third kappa shape index (κ3) is 9.82. The molecule has 0 rings (SSSR count). The van der Waals surface area contributed by atoms with E-state index in [2.05, 4.69) is 0 Å². The van der Waals surface area contributed by atoms with Crippen LogP contribution in [0.5, 0.6) is 0 Å². The van der Waals surface area contributed by atoms with Gasteiger partial charge in [0.1, 0.15) is 0 Å². The second kappa shape index (κ2) is 8.09. The fraction of sp³-hybridized carbons (Fsp3) is 1.00. The van der Waals surface area contributed by atoms with Gasteiger partial charge in [0.05, 0.1) is 18.0 Å². The lowest BCUT2D eigenvalue weighted by Crippen LogP contribution is -2.28. The van der Waals surface area contributed by atoms with Crippen molar-refractivity contribution in [3.05, 3.63) is 0 Å². The minimum absolute atomic E-state index is 0.00545. The molecule has 0 aromatic rings. The van der Waals surface area contributed by atoms with Gasteiger partial charge in [-0.15, -0.1) is 0 Å². The number of hydrogen-bond donors (Lipinski definition) is 1. The number of nitrogens with two attached hydrogens (primary N) is 1. The molecule has 5 nitrogen and oxygen atoms in total. The number of hydrogen-bond acceptors (Lipinski definition) is 4. The molecule has 0 aliphatic carbocycles. The van der Waals surface area contributed by atoms with Crippen molar-refractivity contribution in [2.24, 2.45) is 11.1 Å². The van der Waals surface area contributed by atoms with Crippen molar-refractivity contribution >= 4 is 10.0 Å². The molecule has 0 amide bonds. The predicted octanol–water partition coefficient (Wildman–Crippen LogP) is 1.52. The van der Waals surface area contributed by atoms with E-state index in [-0.39, 0.29) is 17.3 Å².